The van der Waals surface area contributed by atoms with Crippen molar-refractivity contribution in [2.75, 3.05) is 26.2 Å². The fraction of sp³-hybridized carbons (Fsp3) is 0.583. The number of hydrogen-bond donors (Lipinski definition) is 1. The van der Waals surface area contributed by atoms with Crippen molar-refractivity contribution < 1.29 is 4.39 Å². The molecule has 0 aliphatic heterocycles. The number of hydrogen-bond acceptors (Lipinski definition) is 3. The van der Waals surface area contributed by atoms with Crippen LogP contribution in [0.1, 0.15) is 19.4 Å². The summed E-state index contributed by atoms with van der Waals surface area (Å²) in [5, 5.41) is 3.28. The molecule has 0 aliphatic carbocycles. The molecular formula is C12H20FN3. The quantitative estimate of drug-likeness (QED) is 0.715. The molecule has 0 radical (unpaired) electrons. The summed E-state index contributed by atoms with van der Waals surface area (Å²) >= 11 is 0. The van der Waals surface area contributed by atoms with Crippen molar-refractivity contribution in [2.24, 2.45) is 0 Å². The predicted molar refractivity (Wildman–Crippen MR) is 63.7 cm³/mol. The smallest absolute Gasteiger partial charge is 0.141 e. The minimum absolute atomic E-state index is 0.275. The highest BCUT2D eigenvalue weighted by molar-refractivity contribution is 5.09. The summed E-state index contributed by atoms with van der Waals surface area (Å²) in [6.45, 7) is 9.05. The molecule has 0 atom stereocenters. The van der Waals surface area contributed by atoms with Crippen LogP contribution in [0.2, 0.25) is 0 Å². The number of nitrogens with zero attached hydrogens (tertiary/aromatic N) is 2. The van der Waals surface area contributed by atoms with Crippen molar-refractivity contribution in [3.8, 4) is 0 Å². The van der Waals surface area contributed by atoms with E-state index in [1.807, 2.05) is 0 Å². The summed E-state index contributed by atoms with van der Waals surface area (Å²) in [6.07, 6.45) is 2.91. The van der Waals surface area contributed by atoms with Gasteiger partial charge >= 0.3 is 0 Å². The lowest BCUT2D eigenvalue weighted by atomic mass is 10.3. The first-order valence-corrected chi connectivity index (χ1v) is 5.78. The molecule has 1 rings (SSSR count). The van der Waals surface area contributed by atoms with Gasteiger partial charge < -0.3 is 10.2 Å². The molecule has 0 aromatic carbocycles. The summed E-state index contributed by atoms with van der Waals surface area (Å²) in [4.78, 5) is 6.15. The molecule has 0 saturated heterocycles. The largest absolute Gasteiger partial charge is 0.311 e. The Kier molecular flexibility index (Phi) is 5.96. The second kappa shape index (κ2) is 7.30. The van der Waals surface area contributed by atoms with E-state index in [2.05, 4.69) is 29.0 Å². The van der Waals surface area contributed by atoms with Crippen LogP contribution in [-0.2, 0) is 6.54 Å². The molecule has 1 N–H and O–H groups in total. The number of nitrogens with one attached hydrogen (secondary N) is 1. The average molecular weight is 225 g/mol. The summed E-state index contributed by atoms with van der Waals surface area (Å²) in [7, 11) is 0. The normalized spacial score (nSPS) is 11.0. The third-order valence-corrected chi connectivity index (χ3v) is 2.59. The third kappa shape index (κ3) is 4.68. The highest BCUT2D eigenvalue weighted by atomic mass is 19.1. The summed E-state index contributed by atoms with van der Waals surface area (Å²) < 4.78 is 12.8. The van der Waals surface area contributed by atoms with Gasteiger partial charge in [-0.2, -0.15) is 0 Å². The van der Waals surface area contributed by atoms with Gasteiger partial charge in [-0.05, 0) is 24.7 Å². The highest BCUT2D eigenvalue weighted by Crippen LogP contribution is 1.99. The van der Waals surface area contributed by atoms with E-state index < -0.39 is 0 Å². The molecule has 1 heterocycles. The van der Waals surface area contributed by atoms with E-state index in [9.17, 15) is 4.39 Å². The van der Waals surface area contributed by atoms with Crippen LogP contribution in [0.15, 0.2) is 18.5 Å². The van der Waals surface area contributed by atoms with Crippen molar-refractivity contribution in [1.82, 2.24) is 15.2 Å². The van der Waals surface area contributed by atoms with Gasteiger partial charge in [0.15, 0.2) is 0 Å². The summed E-state index contributed by atoms with van der Waals surface area (Å²) in [5.74, 6) is -0.275. The van der Waals surface area contributed by atoms with Gasteiger partial charge in [-0.25, -0.2) is 4.39 Å². The molecular weight excluding hydrogens is 205 g/mol. The second-order valence-electron chi connectivity index (χ2n) is 3.72. The van der Waals surface area contributed by atoms with Crippen LogP contribution in [0.3, 0.4) is 0 Å². The van der Waals surface area contributed by atoms with E-state index in [0.717, 1.165) is 31.7 Å². The maximum atomic E-state index is 12.8. The zero-order valence-electron chi connectivity index (χ0n) is 10.0. The van der Waals surface area contributed by atoms with E-state index in [0.29, 0.717) is 6.54 Å². The average Bonchev–Trinajstić information content (AvgIpc) is 2.29. The Hall–Kier alpha value is -1.00. The summed E-state index contributed by atoms with van der Waals surface area (Å²) in [5.41, 5.74) is 0.888. The van der Waals surface area contributed by atoms with Crippen molar-refractivity contribution in [2.45, 2.75) is 20.4 Å². The number of rotatable bonds is 7. The van der Waals surface area contributed by atoms with Gasteiger partial charge in [0.2, 0.25) is 0 Å². The van der Waals surface area contributed by atoms with Crippen LogP contribution in [-0.4, -0.2) is 36.1 Å². The first kappa shape index (κ1) is 13.1. The predicted octanol–water partition coefficient (Wildman–Crippen LogP) is 1.65. The molecule has 0 bridgehead atoms. The number of likely N-dealkylation sites (N-methyl/N-ethyl adjacent to an activating group) is 1. The van der Waals surface area contributed by atoms with Gasteiger partial charge in [0.05, 0.1) is 6.20 Å². The van der Waals surface area contributed by atoms with E-state index in [4.69, 9.17) is 0 Å². The summed E-state index contributed by atoms with van der Waals surface area (Å²) in [6, 6.07) is 1.51. The molecule has 0 saturated carbocycles. The van der Waals surface area contributed by atoms with Crippen molar-refractivity contribution >= 4 is 0 Å². The molecule has 0 unspecified atom stereocenters. The first-order chi connectivity index (χ1) is 7.76. The Labute approximate surface area is 96.7 Å². The molecule has 1 aromatic rings. The van der Waals surface area contributed by atoms with Crippen LogP contribution in [0.4, 0.5) is 4.39 Å². The van der Waals surface area contributed by atoms with Crippen LogP contribution in [0.25, 0.3) is 0 Å². The fourth-order valence-corrected chi connectivity index (χ4v) is 1.56. The second-order valence-corrected chi connectivity index (χ2v) is 3.72. The molecule has 4 heteroatoms. The maximum Gasteiger partial charge on any atom is 0.141 e. The van der Waals surface area contributed by atoms with Crippen LogP contribution >= 0.6 is 0 Å². The zero-order chi connectivity index (χ0) is 11.8. The standard InChI is InChI=1S/C12H20FN3/c1-3-16(4-2)6-5-14-8-11-7-12(13)10-15-9-11/h7,9-10,14H,3-6,8H2,1-2H3. The highest BCUT2D eigenvalue weighted by Gasteiger charge is 1.99. The number of pyridine rings is 1. The number of halogens is 1. The van der Waals surface area contributed by atoms with Gasteiger partial charge in [0.25, 0.3) is 0 Å². The Bertz CT molecular complexity index is 300. The third-order valence-electron chi connectivity index (χ3n) is 2.59. The molecule has 16 heavy (non-hydrogen) atoms. The Balaban J connectivity index is 2.20. The molecule has 0 amide bonds. The lowest BCUT2D eigenvalue weighted by Crippen LogP contribution is -2.31. The Morgan fingerprint density at radius 1 is 1.31 bits per heavy atom. The van der Waals surface area contributed by atoms with Crippen molar-refractivity contribution in [1.29, 1.82) is 0 Å². The maximum absolute atomic E-state index is 12.8. The van der Waals surface area contributed by atoms with E-state index in [1.54, 1.807) is 6.20 Å². The Morgan fingerprint density at radius 2 is 2.06 bits per heavy atom. The Morgan fingerprint density at radius 3 is 2.69 bits per heavy atom. The topological polar surface area (TPSA) is 28.2 Å². The van der Waals surface area contributed by atoms with Crippen molar-refractivity contribution in [3.05, 3.63) is 29.8 Å². The molecule has 1 aromatic heterocycles. The van der Waals surface area contributed by atoms with Crippen LogP contribution < -0.4 is 5.32 Å². The number of aromatic nitrogens is 1. The molecule has 0 spiro atoms. The van der Waals surface area contributed by atoms with E-state index in [-0.39, 0.29) is 5.82 Å². The molecule has 0 fully saturated rings. The molecule has 3 nitrogen and oxygen atoms in total. The molecule has 90 valence electrons. The van der Waals surface area contributed by atoms with Gasteiger partial charge in [0, 0.05) is 25.8 Å². The fourth-order valence-electron chi connectivity index (χ4n) is 1.56. The molecule has 0 aliphatic rings. The van der Waals surface area contributed by atoms with Gasteiger partial charge in [-0.3, -0.25) is 4.98 Å². The SMILES string of the molecule is CCN(CC)CCNCc1cncc(F)c1. The van der Waals surface area contributed by atoms with E-state index >= 15 is 0 Å². The minimum Gasteiger partial charge on any atom is -0.311 e. The first-order valence-electron chi connectivity index (χ1n) is 5.78. The van der Waals surface area contributed by atoms with Gasteiger partial charge in [-0.1, -0.05) is 13.8 Å². The minimum atomic E-state index is -0.275. The lowest BCUT2D eigenvalue weighted by molar-refractivity contribution is 0.302. The van der Waals surface area contributed by atoms with Gasteiger partial charge in [-0.15, -0.1) is 0 Å². The van der Waals surface area contributed by atoms with E-state index in [1.165, 1.54) is 12.3 Å². The van der Waals surface area contributed by atoms with Crippen molar-refractivity contribution in [3.63, 3.8) is 0 Å². The van der Waals surface area contributed by atoms with Crippen LogP contribution in [0.5, 0.6) is 0 Å². The zero-order valence-corrected chi connectivity index (χ0v) is 10.0. The lowest BCUT2D eigenvalue weighted by Gasteiger charge is -2.17. The van der Waals surface area contributed by atoms with Gasteiger partial charge in [0.1, 0.15) is 5.82 Å². The van der Waals surface area contributed by atoms with Crippen LogP contribution in [0, 0.1) is 5.82 Å². The monoisotopic (exact) mass is 225 g/mol.